The first-order valence-corrected chi connectivity index (χ1v) is 10.2. The molecule has 4 rings (SSSR count). The number of ether oxygens (including phenoxy) is 2. The molecular weight excluding hydrogens is 422 g/mol. The van der Waals surface area contributed by atoms with Gasteiger partial charge in [0.25, 0.3) is 11.7 Å². The number of methoxy groups -OCH3 is 2. The molecule has 3 aromatic rings. The molecule has 7 heteroatoms. The van der Waals surface area contributed by atoms with E-state index in [1.54, 1.807) is 68.6 Å². The highest BCUT2D eigenvalue weighted by atomic mass is 16.5. The van der Waals surface area contributed by atoms with Crippen molar-refractivity contribution in [3.8, 4) is 17.2 Å². The molecule has 0 aliphatic carbocycles. The van der Waals surface area contributed by atoms with E-state index in [2.05, 4.69) is 0 Å². The van der Waals surface area contributed by atoms with Gasteiger partial charge in [-0.3, -0.25) is 14.5 Å². The number of hydrogen-bond donors (Lipinski definition) is 2. The number of carbonyl (C=O) groups excluding carboxylic acids is 2. The second kappa shape index (κ2) is 8.70. The Morgan fingerprint density at radius 2 is 1.48 bits per heavy atom. The van der Waals surface area contributed by atoms with Gasteiger partial charge in [-0.05, 0) is 72.6 Å². The van der Waals surface area contributed by atoms with Crippen molar-refractivity contribution in [1.82, 2.24) is 0 Å². The van der Waals surface area contributed by atoms with Gasteiger partial charge in [0.05, 0.1) is 25.8 Å². The van der Waals surface area contributed by atoms with Crippen LogP contribution in [0, 0.1) is 6.92 Å². The van der Waals surface area contributed by atoms with E-state index in [9.17, 15) is 19.8 Å². The number of nitrogens with zero attached hydrogens (tertiary/aromatic N) is 1. The Bertz CT molecular complexity index is 1240. The highest BCUT2D eigenvalue weighted by Gasteiger charge is 2.47. The molecule has 1 aliphatic rings. The monoisotopic (exact) mass is 445 g/mol. The molecule has 7 nitrogen and oxygen atoms in total. The molecule has 0 bridgehead atoms. The maximum atomic E-state index is 13.2. The molecule has 1 atom stereocenters. The maximum absolute atomic E-state index is 13.2. The number of rotatable bonds is 5. The van der Waals surface area contributed by atoms with Crippen molar-refractivity contribution in [2.75, 3.05) is 19.1 Å². The summed E-state index contributed by atoms with van der Waals surface area (Å²) in [6.07, 6.45) is 0. The number of hydrogen-bond acceptors (Lipinski definition) is 6. The van der Waals surface area contributed by atoms with Crippen molar-refractivity contribution in [1.29, 1.82) is 0 Å². The normalized spacial score (nSPS) is 17.3. The van der Waals surface area contributed by atoms with Gasteiger partial charge in [-0.2, -0.15) is 0 Å². The molecule has 0 spiro atoms. The van der Waals surface area contributed by atoms with Gasteiger partial charge in [-0.25, -0.2) is 0 Å². The van der Waals surface area contributed by atoms with Crippen molar-refractivity contribution < 1.29 is 29.3 Å². The summed E-state index contributed by atoms with van der Waals surface area (Å²) in [5.41, 5.74) is 2.12. The van der Waals surface area contributed by atoms with Gasteiger partial charge in [0.2, 0.25) is 0 Å². The lowest BCUT2D eigenvalue weighted by Crippen LogP contribution is -2.29. The minimum Gasteiger partial charge on any atom is -0.508 e. The van der Waals surface area contributed by atoms with E-state index >= 15 is 0 Å². The van der Waals surface area contributed by atoms with Gasteiger partial charge in [-0.1, -0.05) is 12.1 Å². The van der Waals surface area contributed by atoms with E-state index in [-0.39, 0.29) is 17.1 Å². The number of carbonyl (C=O) groups is 2. The van der Waals surface area contributed by atoms with Crippen LogP contribution in [0.4, 0.5) is 5.69 Å². The second-order valence-electron chi connectivity index (χ2n) is 7.64. The number of benzene rings is 3. The van der Waals surface area contributed by atoms with Gasteiger partial charge in [-0.15, -0.1) is 0 Å². The zero-order valence-electron chi connectivity index (χ0n) is 18.4. The summed E-state index contributed by atoms with van der Waals surface area (Å²) in [7, 11) is 3.08. The third-order valence-corrected chi connectivity index (χ3v) is 5.69. The largest absolute Gasteiger partial charge is 0.508 e. The zero-order chi connectivity index (χ0) is 23.7. The summed E-state index contributed by atoms with van der Waals surface area (Å²) in [6, 6.07) is 17.1. The Hall–Kier alpha value is -4.26. The minimum absolute atomic E-state index is 0.0326. The fraction of sp³-hybridized carbons (Fsp3) is 0.154. The van der Waals surface area contributed by atoms with Crippen molar-refractivity contribution in [3.63, 3.8) is 0 Å². The highest BCUT2D eigenvalue weighted by Crippen LogP contribution is 2.43. The molecule has 1 heterocycles. The molecule has 33 heavy (non-hydrogen) atoms. The summed E-state index contributed by atoms with van der Waals surface area (Å²) < 4.78 is 10.4. The fourth-order valence-electron chi connectivity index (χ4n) is 3.99. The molecule has 0 saturated carbocycles. The summed E-state index contributed by atoms with van der Waals surface area (Å²) in [6.45, 7) is 1.78. The maximum Gasteiger partial charge on any atom is 0.300 e. The molecule has 1 saturated heterocycles. The van der Waals surface area contributed by atoms with Gasteiger partial charge in [0.15, 0.2) is 0 Å². The quantitative estimate of drug-likeness (QED) is 0.345. The smallest absolute Gasteiger partial charge is 0.300 e. The predicted molar refractivity (Wildman–Crippen MR) is 124 cm³/mol. The average Bonchev–Trinajstić information content (AvgIpc) is 3.09. The van der Waals surface area contributed by atoms with E-state index in [4.69, 9.17) is 9.47 Å². The lowest BCUT2D eigenvalue weighted by molar-refractivity contribution is -0.132. The van der Waals surface area contributed by atoms with Crippen molar-refractivity contribution in [2.45, 2.75) is 13.0 Å². The number of ketones is 1. The summed E-state index contributed by atoms with van der Waals surface area (Å²) in [5.74, 6) is -0.570. The molecule has 168 valence electrons. The minimum atomic E-state index is -0.888. The molecule has 1 fully saturated rings. The van der Waals surface area contributed by atoms with Crippen LogP contribution in [0.3, 0.4) is 0 Å². The Balaban J connectivity index is 1.92. The molecule has 2 N–H and O–H groups in total. The SMILES string of the molecule is COc1ccc(N2C(=O)C(=O)/C(=C(\O)c3ccc(OC)cc3C)C2c2ccc(O)cc2)cc1. The number of aryl methyl sites for hydroxylation is 1. The van der Waals surface area contributed by atoms with Gasteiger partial charge in [0.1, 0.15) is 23.0 Å². The van der Waals surface area contributed by atoms with E-state index in [1.807, 2.05) is 0 Å². The zero-order valence-corrected chi connectivity index (χ0v) is 18.4. The molecule has 1 amide bonds. The number of aromatic hydroxyl groups is 1. The van der Waals surface area contributed by atoms with E-state index in [1.165, 1.54) is 24.1 Å². The van der Waals surface area contributed by atoms with Gasteiger partial charge in [0, 0.05) is 11.3 Å². The van der Waals surface area contributed by atoms with E-state index in [0.29, 0.717) is 33.9 Å². The highest BCUT2D eigenvalue weighted by molar-refractivity contribution is 6.51. The number of anilines is 1. The number of phenols is 1. The summed E-state index contributed by atoms with van der Waals surface area (Å²) in [4.78, 5) is 27.7. The van der Waals surface area contributed by atoms with Crippen LogP contribution in [0.2, 0.25) is 0 Å². The standard InChI is InChI=1S/C26H23NO6/c1-15-14-20(33-3)12-13-21(15)24(29)22-23(16-4-8-18(28)9-5-16)27(26(31)25(22)30)17-6-10-19(32-2)11-7-17/h4-14,23,28-29H,1-3H3/b24-22-. The Morgan fingerprint density at radius 3 is 2.06 bits per heavy atom. The topological polar surface area (TPSA) is 96.3 Å². The van der Waals surface area contributed by atoms with Crippen LogP contribution in [0.25, 0.3) is 5.76 Å². The average molecular weight is 445 g/mol. The van der Waals surface area contributed by atoms with E-state index in [0.717, 1.165) is 0 Å². The van der Waals surface area contributed by atoms with Crippen LogP contribution in [0.15, 0.2) is 72.3 Å². The number of phenolic OH excluding ortho intramolecular Hbond substituents is 1. The van der Waals surface area contributed by atoms with Crippen LogP contribution < -0.4 is 14.4 Å². The molecular formula is C26H23NO6. The molecule has 1 aliphatic heterocycles. The van der Waals surface area contributed by atoms with Crippen molar-refractivity contribution in [3.05, 3.63) is 89.0 Å². The second-order valence-corrected chi connectivity index (χ2v) is 7.64. The number of amides is 1. The third-order valence-electron chi connectivity index (χ3n) is 5.69. The summed E-state index contributed by atoms with van der Waals surface area (Å²) in [5, 5.41) is 21.0. The third kappa shape index (κ3) is 3.89. The van der Waals surface area contributed by atoms with Gasteiger partial charge >= 0.3 is 0 Å². The van der Waals surface area contributed by atoms with Crippen molar-refractivity contribution in [2.24, 2.45) is 0 Å². The fourth-order valence-corrected chi connectivity index (χ4v) is 3.99. The van der Waals surface area contributed by atoms with Crippen LogP contribution in [-0.4, -0.2) is 36.1 Å². The Kier molecular flexibility index (Phi) is 5.79. The predicted octanol–water partition coefficient (Wildman–Crippen LogP) is 4.34. The van der Waals surface area contributed by atoms with E-state index < -0.39 is 17.7 Å². The Morgan fingerprint density at radius 1 is 0.879 bits per heavy atom. The molecule has 1 unspecified atom stereocenters. The Labute approximate surface area is 191 Å². The number of Topliss-reactive ketones (excluding diaryl/α,β-unsaturated/α-hetero) is 1. The van der Waals surface area contributed by atoms with Crippen molar-refractivity contribution >= 4 is 23.1 Å². The lowest BCUT2D eigenvalue weighted by Gasteiger charge is -2.25. The van der Waals surface area contributed by atoms with Crippen LogP contribution in [0.5, 0.6) is 17.2 Å². The molecule has 0 radical (unpaired) electrons. The first-order chi connectivity index (χ1) is 15.8. The van der Waals surface area contributed by atoms with Crippen LogP contribution >= 0.6 is 0 Å². The van der Waals surface area contributed by atoms with Gasteiger partial charge < -0.3 is 19.7 Å². The number of aliphatic hydroxyl groups excluding tert-OH is 1. The lowest BCUT2D eigenvalue weighted by atomic mass is 9.93. The molecule has 0 aromatic heterocycles. The number of aliphatic hydroxyl groups is 1. The molecule has 3 aromatic carbocycles. The van der Waals surface area contributed by atoms with Crippen LogP contribution in [-0.2, 0) is 9.59 Å². The summed E-state index contributed by atoms with van der Waals surface area (Å²) >= 11 is 0. The first-order valence-electron chi connectivity index (χ1n) is 10.2. The first kappa shape index (κ1) is 22.0. The van der Waals surface area contributed by atoms with Crippen LogP contribution in [0.1, 0.15) is 22.7 Å².